The van der Waals surface area contributed by atoms with E-state index in [1.54, 1.807) is 37.3 Å². The molecule has 0 aromatic heterocycles. The third-order valence-electron chi connectivity index (χ3n) is 2.91. The smallest absolute Gasteiger partial charge is 0.337 e. The summed E-state index contributed by atoms with van der Waals surface area (Å²) in [5, 5.41) is 20.5. The Morgan fingerprint density at radius 3 is 2.62 bits per heavy atom. The maximum atomic E-state index is 12.1. The van der Waals surface area contributed by atoms with E-state index < -0.39 is 11.9 Å². The average molecular weight is 280 g/mol. The zero-order chi connectivity index (χ0) is 15.4. The van der Waals surface area contributed by atoms with Gasteiger partial charge in [0.1, 0.15) is 0 Å². The highest BCUT2D eigenvalue weighted by atomic mass is 16.4. The summed E-state index contributed by atoms with van der Waals surface area (Å²) in [5.41, 5.74) is 1.70. The first-order valence-corrected chi connectivity index (χ1v) is 6.16. The molecule has 104 valence electrons. The number of nitriles is 1. The Kier molecular flexibility index (Phi) is 4.00. The molecule has 5 nitrogen and oxygen atoms in total. The highest BCUT2D eigenvalue weighted by Crippen LogP contribution is 2.18. The Morgan fingerprint density at radius 2 is 1.95 bits per heavy atom. The lowest BCUT2D eigenvalue weighted by atomic mass is 10.1. The SMILES string of the molecule is Cc1ccc(NC(=O)c2cccc(C#N)c2)c(C(=O)O)c1. The number of benzene rings is 2. The van der Waals surface area contributed by atoms with Crippen molar-refractivity contribution in [2.45, 2.75) is 6.92 Å². The number of aromatic carboxylic acids is 1. The van der Waals surface area contributed by atoms with Crippen molar-refractivity contribution in [3.8, 4) is 6.07 Å². The van der Waals surface area contributed by atoms with Gasteiger partial charge in [0, 0.05) is 5.56 Å². The van der Waals surface area contributed by atoms with E-state index in [-0.39, 0.29) is 11.3 Å². The van der Waals surface area contributed by atoms with Crippen molar-refractivity contribution in [2.24, 2.45) is 0 Å². The topological polar surface area (TPSA) is 90.2 Å². The number of hydrogen-bond acceptors (Lipinski definition) is 3. The maximum Gasteiger partial charge on any atom is 0.337 e. The summed E-state index contributed by atoms with van der Waals surface area (Å²) in [4.78, 5) is 23.3. The van der Waals surface area contributed by atoms with Crippen LogP contribution in [0.3, 0.4) is 0 Å². The molecule has 2 aromatic carbocycles. The van der Waals surface area contributed by atoms with E-state index in [2.05, 4.69) is 5.32 Å². The lowest BCUT2D eigenvalue weighted by Gasteiger charge is -2.09. The van der Waals surface area contributed by atoms with E-state index in [4.69, 9.17) is 10.4 Å². The van der Waals surface area contributed by atoms with Crippen LogP contribution in [0.1, 0.15) is 31.8 Å². The predicted octanol–water partition coefficient (Wildman–Crippen LogP) is 2.82. The zero-order valence-corrected chi connectivity index (χ0v) is 11.3. The molecule has 0 aliphatic rings. The van der Waals surface area contributed by atoms with E-state index >= 15 is 0 Å². The van der Waals surface area contributed by atoms with Gasteiger partial charge < -0.3 is 10.4 Å². The summed E-state index contributed by atoms with van der Waals surface area (Å²) >= 11 is 0. The van der Waals surface area contributed by atoms with E-state index in [1.807, 2.05) is 6.07 Å². The molecule has 0 heterocycles. The lowest BCUT2D eigenvalue weighted by molar-refractivity contribution is 0.0698. The molecule has 0 unspecified atom stereocenters. The molecule has 0 saturated carbocycles. The minimum Gasteiger partial charge on any atom is -0.478 e. The van der Waals surface area contributed by atoms with Crippen LogP contribution in [-0.4, -0.2) is 17.0 Å². The molecular weight excluding hydrogens is 268 g/mol. The number of aryl methyl sites for hydroxylation is 1. The molecule has 0 atom stereocenters. The number of carbonyl (C=O) groups is 2. The number of anilines is 1. The molecule has 2 rings (SSSR count). The zero-order valence-electron chi connectivity index (χ0n) is 11.3. The van der Waals surface area contributed by atoms with Crippen molar-refractivity contribution >= 4 is 17.6 Å². The molecule has 0 radical (unpaired) electrons. The molecule has 21 heavy (non-hydrogen) atoms. The van der Waals surface area contributed by atoms with E-state index in [0.717, 1.165) is 5.56 Å². The fourth-order valence-electron chi connectivity index (χ4n) is 1.87. The van der Waals surface area contributed by atoms with E-state index in [9.17, 15) is 9.59 Å². The first kappa shape index (κ1) is 14.3. The van der Waals surface area contributed by atoms with Gasteiger partial charge in [0.2, 0.25) is 0 Å². The third-order valence-corrected chi connectivity index (χ3v) is 2.91. The summed E-state index contributed by atoms with van der Waals surface area (Å²) in [6.45, 7) is 1.77. The number of nitrogens with one attached hydrogen (secondary N) is 1. The number of hydrogen-bond donors (Lipinski definition) is 2. The number of rotatable bonds is 3. The molecule has 2 N–H and O–H groups in total. The van der Waals surface area contributed by atoms with Gasteiger partial charge >= 0.3 is 5.97 Å². The van der Waals surface area contributed by atoms with Crippen LogP contribution < -0.4 is 5.32 Å². The van der Waals surface area contributed by atoms with Crippen molar-refractivity contribution in [1.82, 2.24) is 0 Å². The summed E-state index contributed by atoms with van der Waals surface area (Å²) in [7, 11) is 0. The van der Waals surface area contributed by atoms with E-state index in [1.165, 1.54) is 12.1 Å². The molecule has 0 bridgehead atoms. The van der Waals surface area contributed by atoms with Crippen molar-refractivity contribution in [3.05, 3.63) is 64.7 Å². The second-order valence-corrected chi connectivity index (χ2v) is 4.50. The van der Waals surface area contributed by atoms with Crippen LogP contribution in [0, 0.1) is 18.3 Å². The Labute approximate surface area is 121 Å². The van der Waals surface area contributed by atoms with Gasteiger partial charge in [-0.3, -0.25) is 4.79 Å². The van der Waals surface area contributed by atoms with Crippen LogP contribution in [0.25, 0.3) is 0 Å². The standard InChI is InChI=1S/C16H12N2O3/c1-10-5-6-14(13(7-10)16(20)21)18-15(19)12-4-2-3-11(8-12)9-17/h2-8H,1H3,(H,18,19)(H,20,21). The normalized spacial score (nSPS) is 9.71. The number of amides is 1. The largest absolute Gasteiger partial charge is 0.478 e. The molecule has 0 aliphatic heterocycles. The van der Waals surface area contributed by atoms with E-state index in [0.29, 0.717) is 11.1 Å². The highest BCUT2D eigenvalue weighted by molar-refractivity contribution is 6.07. The van der Waals surface area contributed by atoms with Crippen LogP contribution in [-0.2, 0) is 0 Å². The predicted molar refractivity (Wildman–Crippen MR) is 77.2 cm³/mol. The van der Waals surface area contributed by atoms with Gasteiger partial charge in [0.05, 0.1) is 22.9 Å². The Bertz CT molecular complexity index is 760. The summed E-state index contributed by atoms with van der Waals surface area (Å²) in [5.74, 6) is -1.57. The monoisotopic (exact) mass is 280 g/mol. The van der Waals surface area contributed by atoms with Crippen molar-refractivity contribution in [2.75, 3.05) is 5.32 Å². The van der Waals surface area contributed by atoms with Crippen LogP contribution in [0.2, 0.25) is 0 Å². The number of nitrogens with zero attached hydrogens (tertiary/aromatic N) is 1. The summed E-state index contributed by atoms with van der Waals surface area (Å²) in [6, 6.07) is 12.9. The second-order valence-electron chi connectivity index (χ2n) is 4.50. The molecule has 2 aromatic rings. The fourth-order valence-corrected chi connectivity index (χ4v) is 1.87. The van der Waals surface area contributed by atoms with Gasteiger partial charge in [-0.15, -0.1) is 0 Å². The number of carboxylic acids is 1. The van der Waals surface area contributed by atoms with Crippen LogP contribution >= 0.6 is 0 Å². The highest BCUT2D eigenvalue weighted by Gasteiger charge is 2.14. The maximum absolute atomic E-state index is 12.1. The molecular formula is C16H12N2O3. The van der Waals surface area contributed by atoms with Crippen molar-refractivity contribution < 1.29 is 14.7 Å². The molecule has 0 saturated heterocycles. The molecule has 0 aliphatic carbocycles. The minimum absolute atomic E-state index is 0.0276. The van der Waals surface area contributed by atoms with Gasteiger partial charge in [-0.25, -0.2) is 4.79 Å². The number of carboxylic acid groups (broad SMARTS) is 1. The van der Waals surface area contributed by atoms with Gasteiger partial charge in [-0.2, -0.15) is 5.26 Å². The van der Waals surface area contributed by atoms with Crippen molar-refractivity contribution in [3.63, 3.8) is 0 Å². The molecule has 0 spiro atoms. The van der Waals surface area contributed by atoms with Crippen molar-refractivity contribution in [1.29, 1.82) is 5.26 Å². The molecule has 0 fully saturated rings. The molecule has 1 amide bonds. The Balaban J connectivity index is 2.32. The van der Waals surface area contributed by atoms with Gasteiger partial charge in [-0.05, 0) is 37.3 Å². The summed E-state index contributed by atoms with van der Waals surface area (Å²) in [6.07, 6.45) is 0. The fraction of sp³-hybridized carbons (Fsp3) is 0.0625. The quantitative estimate of drug-likeness (QED) is 0.904. The summed E-state index contributed by atoms with van der Waals surface area (Å²) < 4.78 is 0. The van der Waals surface area contributed by atoms with Crippen LogP contribution in [0.15, 0.2) is 42.5 Å². The molecule has 5 heteroatoms. The average Bonchev–Trinajstić information content (AvgIpc) is 2.48. The van der Waals surface area contributed by atoms with Gasteiger partial charge in [0.15, 0.2) is 0 Å². The first-order chi connectivity index (χ1) is 10.0. The van der Waals surface area contributed by atoms with Gasteiger partial charge in [0.25, 0.3) is 5.91 Å². The Morgan fingerprint density at radius 1 is 1.19 bits per heavy atom. The van der Waals surface area contributed by atoms with Crippen LogP contribution in [0.4, 0.5) is 5.69 Å². The third kappa shape index (κ3) is 3.25. The van der Waals surface area contributed by atoms with Gasteiger partial charge in [-0.1, -0.05) is 17.7 Å². The lowest BCUT2D eigenvalue weighted by Crippen LogP contribution is -2.15. The van der Waals surface area contributed by atoms with Crippen LogP contribution in [0.5, 0.6) is 0 Å². The first-order valence-electron chi connectivity index (χ1n) is 6.16. The Hall–Kier alpha value is -3.13. The minimum atomic E-state index is -1.11. The number of carbonyl (C=O) groups excluding carboxylic acids is 1. The second kappa shape index (κ2) is 5.88.